The van der Waals surface area contributed by atoms with Crippen LogP contribution in [0.2, 0.25) is 5.02 Å². The van der Waals surface area contributed by atoms with Crippen molar-refractivity contribution in [3.05, 3.63) is 64.7 Å². The summed E-state index contributed by atoms with van der Waals surface area (Å²) in [5.41, 5.74) is 1.39. The topological polar surface area (TPSA) is 84.5 Å². The number of nitrogens with one attached hydrogen (secondary N) is 2. The van der Waals surface area contributed by atoms with Crippen molar-refractivity contribution in [2.45, 2.75) is 12.8 Å². The highest BCUT2D eigenvalue weighted by molar-refractivity contribution is 6.30. The van der Waals surface area contributed by atoms with Gasteiger partial charge < -0.3 is 15.4 Å². The van der Waals surface area contributed by atoms with Gasteiger partial charge in [0.05, 0.1) is 12.7 Å². The fourth-order valence-electron chi connectivity index (χ4n) is 2.22. The first-order valence-electron chi connectivity index (χ1n) is 8.01. The molecule has 2 aromatic carbocycles. The highest BCUT2D eigenvalue weighted by atomic mass is 35.5. The Balaban J connectivity index is 1.74. The van der Waals surface area contributed by atoms with Gasteiger partial charge in [0, 0.05) is 29.2 Å². The Labute approximate surface area is 156 Å². The molecule has 0 aliphatic heterocycles. The summed E-state index contributed by atoms with van der Waals surface area (Å²) in [5.74, 6) is -0.883. The van der Waals surface area contributed by atoms with E-state index in [9.17, 15) is 14.4 Å². The van der Waals surface area contributed by atoms with Crippen LogP contribution in [-0.4, -0.2) is 31.4 Å². The van der Waals surface area contributed by atoms with E-state index in [1.54, 1.807) is 48.5 Å². The smallest absolute Gasteiger partial charge is 0.337 e. The minimum absolute atomic E-state index is 0.201. The molecule has 136 valence electrons. The monoisotopic (exact) mass is 374 g/mol. The van der Waals surface area contributed by atoms with Crippen LogP contribution in [0.1, 0.15) is 33.6 Å². The van der Waals surface area contributed by atoms with Gasteiger partial charge in [-0.15, -0.1) is 0 Å². The third kappa shape index (κ3) is 5.89. The first kappa shape index (κ1) is 19.5. The molecule has 7 heteroatoms. The van der Waals surface area contributed by atoms with Gasteiger partial charge in [0.2, 0.25) is 5.91 Å². The first-order chi connectivity index (χ1) is 12.5. The molecular weight excluding hydrogens is 356 g/mol. The number of carbonyl (C=O) groups excluding carboxylic acids is 3. The van der Waals surface area contributed by atoms with Crippen molar-refractivity contribution >= 4 is 35.1 Å². The van der Waals surface area contributed by atoms with Gasteiger partial charge in [-0.3, -0.25) is 9.59 Å². The van der Waals surface area contributed by atoms with Crippen molar-refractivity contribution in [3.63, 3.8) is 0 Å². The van der Waals surface area contributed by atoms with Gasteiger partial charge in [0.25, 0.3) is 5.91 Å². The molecule has 0 aliphatic carbocycles. The largest absolute Gasteiger partial charge is 0.465 e. The molecule has 0 spiro atoms. The Kier molecular flexibility index (Phi) is 7.17. The average molecular weight is 375 g/mol. The molecule has 2 rings (SSSR count). The first-order valence-corrected chi connectivity index (χ1v) is 8.39. The van der Waals surface area contributed by atoms with Crippen molar-refractivity contribution in [2.75, 3.05) is 19.0 Å². The predicted octanol–water partition coefficient (Wildman–Crippen LogP) is 3.28. The summed E-state index contributed by atoms with van der Waals surface area (Å²) in [6.45, 7) is 0.372. The van der Waals surface area contributed by atoms with E-state index in [-0.39, 0.29) is 18.2 Å². The number of esters is 1. The number of halogens is 1. The number of carbonyl (C=O) groups is 3. The van der Waals surface area contributed by atoms with Crippen molar-refractivity contribution < 1.29 is 19.1 Å². The van der Waals surface area contributed by atoms with E-state index in [0.717, 1.165) is 0 Å². The fraction of sp³-hybridized carbons (Fsp3) is 0.211. The summed E-state index contributed by atoms with van der Waals surface area (Å²) in [5, 5.41) is 6.02. The maximum absolute atomic E-state index is 12.0. The van der Waals surface area contributed by atoms with Crippen molar-refractivity contribution in [1.82, 2.24) is 5.32 Å². The zero-order valence-electron chi connectivity index (χ0n) is 14.3. The molecule has 0 fully saturated rings. The van der Waals surface area contributed by atoms with E-state index in [1.807, 2.05) is 0 Å². The second-order valence-corrected chi connectivity index (χ2v) is 5.92. The van der Waals surface area contributed by atoms with Gasteiger partial charge in [-0.1, -0.05) is 17.7 Å². The summed E-state index contributed by atoms with van der Waals surface area (Å²) in [7, 11) is 1.30. The highest BCUT2D eigenvalue weighted by Crippen LogP contribution is 2.12. The molecule has 6 nitrogen and oxygen atoms in total. The summed E-state index contributed by atoms with van der Waals surface area (Å²) in [6.07, 6.45) is 0.727. The Hall–Kier alpha value is -2.86. The van der Waals surface area contributed by atoms with Crippen molar-refractivity contribution in [2.24, 2.45) is 0 Å². The van der Waals surface area contributed by atoms with Crippen LogP contribution in [0.15, 0.2) is 48.5 Å². The third-order valence-corrected chi connectivity index (χ3v) is 3.79. The summed E-state index contributed by atoms with van der Waals surface area (Å²) >= 11 is 5.78. The van der Waals surface area contributed by atoms with Crippen LogP contribution in [-0.2, 0) is 9.53 Å². The number of amides is 2. The van der Waals surface area contributed by atoms with Crippen LogP contribution in [0.25, 0.3) is 0 Å². The normalized spacial score (nSPS) is 10.1. The van der Waals surface area contributed by atoms with Crippen LogP contribution >= 0.6 is 11.6 Å². The van der Waals surface area contributed by atoms with E-state index < -0.39 is 5.97 Å². The number of methoxy groups -OCH3 is 1. The van der Waals surface area contributed by atoms with Gasteiger partial charge in [0.15, 0.2) is 0 Å². The molecule has 0 heterocycles. The highest BCUT2D eigenvalue weighted by Gasteiger charge is 2.08. The maximum atomic E-state index is 12.0. The molecule has 0 aliphatic rings. The number of ether oxygens (including phenoxy) is 1. The van der Waals surface area contributed by atoms with Crippen molar-refractivity contribution in [3.8, 4) is 0 Å². The summed E-state index contributed by atoms with van der Waals surface area (Å²) in [6, 6.07) is 13.1. The predicted molar refractivity (Wildman–Crippen MR) is 99.4 cm³/mol. The average Bonchev–Trinajstić information content (AvgIpc) is 2.65. The molecule has 0 unspecified atom stereocenters. The maximum Gasteiger partial charge on any atom is 0.337 e. The van der Waals surface area contributed by atoms with Crippen molar-refractivity contribution in [1.29, 1.82) is 0 Å². The molecule has 0 saturated heterocycles. The molecule has 0 bridgehead atoms. The molecule has 2 N–H and O–H groups in total. The molecule has 0 aromatic heterocycles. The van der Waals surface area contributed by atoms with Gasteiger partial charge >= 0.3 is 5.97 Å². The van der Waals surface area contributed by atoms with E-state index in [2.05, 4.69) is 15.4 Å². The quantitative estimate of drug-likeness (QED) is 0.575. The number of hydrogen-bond acceptors (Lipinski definition) is 4. The van der Waals surface area contributed by atoms with Gasteiger partial charge in [-0.05, 0) is 48.9 Å². The molecule has 0 radical (unpaired) electrons. The number of benzene rings is 2. The SMILES string of the molecule is COC(=O)c1cccc(NC(=O)CCCNC(=O)c2ccc(Cl)cc2)c1. The lowest BCUT2D eigenvalue weighted by Crippen LogP contribution is -2.25. The number of anilines is 1. The number of rotatable bonds is 7. The molecule has 2 amide bonds. The zero-order chi connectivity index (χ0) is 18.9. The molecule has 26 heavy (non-hydrogen) atoms. The second-order valence-electron chi connectivity index (χ2n) is 5.49. The molecule has 0 atom stereocenters. The van der Waals surface area contributed by atoms with E-state index in [0.29, 0.717) is 34.8 Å². The van der Waals surface area contributed by atoms with E-state index >= 15 is 0 Å². The zero-order valence-corrected chi connectivity index (χ0v) is 15.0. The van der Waals surface area contributed by atoms with Crippen LogP contribution in [0.5, 0.6) is 0 Å². The Morgan fingerprint density at radius 1 is 1.04 bits per heavy atom. The Bertz CT molecular complexity index is 790. The lowest BCUT2D eigenvalue weighted by molar-refractivity contribution is -0.116. The lowest BCUT2D eigenvalue weighted by Gasteiger charge is -2.08. The fourth-order valence-corrected chi connectivity index (χ4v) is 2.35. The third-order valence-electron chi connectivity index (χ3n) is 3.54. The second kappa shape index (κ2) is 9.58. The number of hydrogen-bond donors (Lipinski definition) is 2. The molecule has 2 aromatic rings. The van der Waals surface area contributed by atoms with E-state index in [4.69, 9.17) is 11.6 Å². The Morgan fingerprint density at radius 2 is 1.77 bits per heavy atom. The van der Waals surface area contributed by atoms with Crippen LogP contribution in [0.4, 0.5) is 5.69 Å². The standard InChI is InChI=1S/C19H19ClN2O4/c1-26-19(25)14-4-2-5-16(12-14)22-17(23)6-3-11-21-18(24)13-7-9-15(20)10-8-13/h2,4-5,7-10,12H,3,6,11H2,1H3,(H,21,24)(H,22,23). The molecular formula is C19H19ClN2O4. The summed E-state index contributed by atoms with van der Waals surface area (Å²) in [4.78, 5) is 35.4. The minimum Gasteiger partial charge on any atom is -0.465 e. The van der Waals surface area contributed by atoms with Gasteiger partial charge in [-0.2, -0.15) is 0 Å². The van der Waals surface area contributed by atoms with Crippen LogP contribution in [0.3, 0.4) is 0 Å². The summed E-state index contributed by atoms with van der Waals surface area (Å²) < 4.78 is 4.64. The van der Waals surface area contributed by atoms with Gasteiger partial charge in [-0.25, -0.2) is 4.79 Å². The minimum atomic E-state index is -0.467. The lowest BCUT2D eigenvalue weighted by atomic mass is 10.2. The van der Waals surface area contributed by atoms with E-state index in [1.165, 1.54) is 7.11 Å². The Morgan fingerprint density at radius 3 is 2.46 bits per heavy atom. The van der Waals surface area contributed by atoms with Crippen LogP contribution in [0, 0.1) is 0 Å². The van der Waals surface area contributed by atoms with Crippen LogP contribution < -0.4 is 10.6 Å². The molecule has 0 saturated carbocycles. The van der Waals surface area contributed by atoms with Gasteiger partial charge in [0.1, 0.15) is 0 Å².